The first-order chi connectivity index (χ1) is 14.0. The van der Waals surface area contributed by atoms with Crippen molar-refractivity contribution in [2.24, 2.45) is 0 Å². The van der Waals surface area contributed by atoms with Crippen LogP contribution >= 0.6 is 24.0 Å². The predicted octanol–water partition coefficient (Wildman–Crippen LogP) is 5.91. The van der Waals surface area contributed by atoms with Crippen LogP contribution in [-0.4, -0.2) is 23.0 Å². The van der Waals surface area contributed by atoms with Gasteiger partial charge in [0.15, 0.2) is 0 Å². The average Bonchev–Trinajstić information content (AvgIpc) is 2.71. The highest BCUT2D eigenvalue weighted by Crippen LogP contribution is 2.25. The second-order valence-electron chi connectivity index (χ2n) is 7.64. The molecule has 4 nitrogen and oxygen atoms in total. The van der Waals surface area contributed by atoms with E-state index in [1.54, 1.807) is 0 Å². The molecular formula is C23H24Cl2FN3O. The summed E-state index contributed by atoms with van der Waals surface area (Å²) >= 11 is 5.78. The minimum Gasteiger partial charge on any atom is -0.367 e. The molecule has 0 unspecified atom stereocenters. The standard InChI is InChI=1S/C23H23ClFN3O.ClH/c1-14-12-22(28-21-5-3-2-4-18(14)21)26-16-7-9-17(10-8-16)27-23(29)15-6-11-20(25)19(24)13-15;/h2-6,11-13,16-17H,7-10H2,1H3,(H,26,28)(H,27,29);1H/t16-,17+;. The molecule has 0 saturated heterocycles. The Bertz CT molecular complexity index is 1050. The summed E-state index contributed by atoms with van der Waals surface area (Å²) in [6.07, 6.45) is 3.65. The molecule has 1 heterocycles. The van der Waals surface area contributed by atoms with E-state index in [4.69, 9.17) is 16.6 Å². The van der Waals surface area contributed by atoms with Crippen molar-refractivity contribution >= 4 is 46.6 Å². The van der Waals surface area contributed by atoms with Crippen molar-refractivity contribution in [3.8, 4) is 0 Å². The fourth-order valence-corrected chi connectivity index (χ4v) is 4.10. The molecule has 0 bridgehead atoms. The van der Waals surface area contributed by atoms with E-state index >= 15 is 0 Å². The number of aromatic nitrogens is 1. The number of pyridine rings is 1. The van der Waals surface area contributed by atoms with E-state index < -0.39 is 5.82 Å². The summed E-state index contributed by atoms with van der Waals surface area (Å²) in [5, 5.41) is 7.72. The Morgan fingerprint density at radius 2 is 1.77 bits per heavy atom. The van der Waals surface area contributed by atoms with Gasteiger partial charge < -0.3 is 10.6 Å². The molecule has 0 aliphatic heterocycles. The Kier molecular flexibility index (Phi) is 7.16. The smallest absolute Gasteiger partial charge is 0.251 e. The molecule has 1 amide bonds. The third kappa shape index (κ3) is 5.02. The summed E-state index contributed by atoms with van der Waals surface area (Å²) in [6.45, 7) is 2.10. The van der Waals surface area contributed by atoms with Gasteiger partial charge in [-0.1, -0.05) is 29.8 Å². The summed E-state index contributed by atoms with van der Waals surface area (Å²) in [7, 11) is 0. The van der Waals surface area contributed by atoms with Gasteiger partial charge >= 0.3 is 0 Å². The van der Waals surface area contributed by atoms with Crippen molar-refractivity contribution < 1.29 is 9.18 Å². The molecule has 0 atom stereocenters. The number of amides is 1. The third-order valence-electron chi connectivity index (χ3n) is 5.52. The Morgan fingerprint density at radius 1 is 1.07 bits per heavy atom. The fourth-order valence-electron chi connectivity index (χ4n) is 3.92. The molecule has 0 radical (unpaired) electrons. The molecule has 3 aromatic rings. The summed E-state index contributed by atoms with van der Waals surface area (Å²) in [5.74, 6) is 0.164. The van der Waals surface area contributed by atoms with Crippen LogP contribution in [0.1, 0.15) is 41.6 Å². The van der Waals surface area contributed by atoms with Crippen LogP contribution in [0.2, 0.25) is 5.02 Å². The molecule has 7 heteroatoms. The summed E-state index contributed by atoms with van der Waals surface area (Å²) < 4.78 is 13.3. The van der Waals surface area contributed by atoms with Gasteiger partial charge in [0.05, 0.1) is 10.5 Å². The molecule has 158 valence electrons. The Hall–Kier alpha value is -2.37. The van der Waals surface area contributed by atoms with Crippen molar-refractivity contribution in [3.63, 3.8) is 0 Å². The minimum absolute atomic E-state index is 0. The highest BCUT2D eigenvalue weighted by Gasteiger charge is 2.23. The lowest BCUT2D eigenvalue weighted by Crippen LogP contribution is -2.40. The van der Waals surface area contributed by atoms with Gasteiger partial charge in [-0.05, 0) is 68.5 Å². The zero-order chi connectivity index (χ0) is 20.4. The third-order valence-corrected chi connectivity index (χ3v) is 5.81. The van der Waals surface area contributed by atoms with Crippen LogP contribution in [0.25, 0.3) is 10.9 Å². The van der Waals surface area contributed by atoms with Crippen molar-refractivity contribution in [2.45, 2.75) is 44.7 Å². The van der Waals surface area contributed by atoms with Gasteiger partial charge in [-0.2, -0.15) is 0 Å². The van der Waals surface area contributed by atoms with Crippen LogP contribution in [0, 0.1) is 12.7 Å². The second kappa shape index (κ2) is 9.63. The van der Waals surface area contributed by atoms with Crippen molar-refractivity contribution in [1.29, 1.82) is 0 Å². The molecule has 1 aliphatic carbocycles. The number of carbonyl (C=O) groups is 1. The number of nitrogens with one attached hydrogen (secondary N) is 2. The van der Waals surface area contributed by atoms with E-state index in [1.807, 2.05) is 18.2 Å². The number of halogens is 3. The Balaban J connectivity index is 0.00000256. The van der Waals surface area contributed by atoms with E-state index in [0.29, 0.717) is 11.6 Å². The monoisotopic (exact) mass is 447 g/mol. The van der Waals surface area contributed by atoms with Gasteiger partial charge in [0.2, 0.25) is 0 Å². The SMILES string of the molecule is Cc1cc(N[C@H]2CC[C@@H](NC(=O)c3ccc(F)c(Cl)c3)CC2)nc2ccccc12.Cl. The van der Waals surface area contributed by atoms with Gasteiger partial charge in [-0.3, -0.25) is 4.79 Å². The van der Waals surface area contributed by atoms with Gasteiger partial charge in [-0.25, -0.2) is 9.37 Å². The van der Waals surface area contributed by atoms with Crippen molar-refractivity contribution in [2.75, 3.05) is 5.32 Å². The normalized spacial score (nSPS) is 18.5. The first kappa shape index (κ1) is 22.3. The van der Waals surface area contributed by atoms with Gasteiger partial charge in [0, 0.05) is 23.0 Å². The number of para-hydroxylation sites is 1. The van der Waals surface area contributed by atoms with Crippen LogP contribution in [0.5, 0.6) is 0 Å². The maximum absolute atomic E-state index is 13.3. The molecule has 0 spiro atoms. The molecule has 2 aromatic carbocycles. The molecule has 30 heavy (non-hydrogen) atoms. The summed E-state index contributed by atoms with van der Waals surface area (Å²) in [6, 6.07) is 14.7. The molecule has 4 rings (SSSR count). The van der Waals surface area contributed by atoms with Crippen LogP contribution in [-0.2, 0) is 0 Å². The quantitative estimate of drug-likeness (QED) is 0.522. The molecular weight excluding hydrogens is 424 g/mol. The average molecular weight is 448 g/mol. The largest absolute Gasteiger partial charge is 0.367 e. The van der Waals surface area contributed by atoms with Gasteiger partial charge in [0.1, 0.15) is 11.6 Å². The number of rotatable bonds is 4. The maximum Gasteiger partial charge on any atom is 0.251 e. The van der Waals surface area contributed by atoms with Crippen LogP contribution < -0.4 is 10.6 Å². The Morgan fingerprint density at radius 3 is 2.50 bits per heavy atom. The van der Waals surface area contributed by atoms with E-state index in [1.165, 1.54) is 29.1 Å². The lowest BCUT2D eigenvalue weighted by Gasteiger charge is -2.30. The summed E-state index contributed by atoms with van der Waals surface area (Å²) in [4.78, 5) is 17.1. The van der Waals surface area contributed by atoms with Gasteiger partial charge in [0.25, 0.3) is 5.91 Å². The number of benzene rings is 2. The number of hydrogen-bond donors (Lipinski definition) is 2. The lowest BCUT2D eigenvalue weighted by molar-refractivity contribution is 0.0926. The zero-order valence-corrected chi connectivity index (χ0v) is 18.2. The van der Waals surface area contributed by atoms with E-state index in [-0.39, 0.29) is 29.4 Å². The van der Waals surface area contributed by atoms with Gasteiger partial charge in [-0.15, -0.1) is 12.4 Å². The van der Waals surface area contributed by atoms with E-state index in [0.717, 1.165) is 37.0 Å². The Labute approximate surface area is 186 Å². The first-order valence-electron chi connectivity index (χ1n) is 9.88. The highest BCUT2D eigenvalue weighted by atomic mass is 35.5. The molecule has 1 aromatic heterocycles. The molecule has 2 N–H and O–H groups in total. The number of carbonyl (C=O) groups excluding carboxylic acids is 1. The van der Waals surface area contributed by atoms with Crippen molar-refractivity contribution in [1.82, 2.24) is 10.3 Å². The van der Waals surface area contributed by atoms with Crippen LogP contribution in [0.15, 0.2) is 48.5 Å². The zero-order valence-electron chi connectivity index (χ0n) is 16.6. The number of fused-ring (bicyclic) bond motifs is 1. The maximum atomic E-state index is 13.3. The van der Waals surface area contributed by atoms with Crippen molar-refractivity contribution in [3.05, 3.63) is 70.5 Å². The van der Waals surface area contributed by atoms with Crippen LogP contribution in [0.4, 0.5) is 10.2 Å². The topological polar surface area (TPSA) is 54.0 Å². The second-order valence-corrected chi connectivity index (χ2v) is 8.04. The minimum atomic E-state index is -0.521. The number of aryl methyl sites for hydroxylation is 1. The van der Waals surface area contributed by atoms with Crippen LogP contribution in [0.3, 0.4) is 0 Å². The fraction of sp³-hybridized carbons (Fsp3) is 0.304. The number of anilines is 1. The van der Waals surface area contributed by atoms with E-state index in [9.17, 15) is 9.18 Å². The number of nitrogens with zero attached hydrogens (tertiary/aromatic N) is 1. The first-order valence-corrected chi connectivity index (χ1v) is 10.3. The number of hydrogen-bond acceptors (Lipinski definition) is 3. The molecule has 1 aliphatic rings. The molecule has 1 fully saturated rings. The highest BCUT2D eigenvalue weighted by molar-refractivity contribution is 6.31. The predicted molar refractivity (Wildman–Crippen MR) is 122 cm³/mol. The molecule has 1 saturated carbocycles. The summed E-state index contributed by atoms with van der Waals surface area (Å²) in [5.41, 5.74) is 2.58. The van der Waals surface area contributed by atoms with E-state index in [2.05, 4.69) is 29.7 Å². The lowest BCUT2D eigenvalue weighted by atomic mass is 9.91.